The molecule has 160 valence electrons. The Morgan fingerprint density at radius 2 is 2.10 bits per heavy atom. The van der Waals surface area contributed by atoms with Gasteiger partial charge < -0.3 is 15.5 Å². The fourth-order valence-corrected chi connectivity index (χ4v) is 3.95. The molecule has 0 radical (unpaired) electrons. The van der Waals surface area contributed by atoms with Crippen molar-refractivity contribution in [1.29, 1.82) is 0 Å². The van der Waals surface area contributed by atoms with Gasteiger partial charge in [-0.25, -0.2) is 4.99 Å². The SMILES string of the molecule is CN(C)C(=O)CNC(=NCc1ccn(C2CCCC2)n1)NCCc1cccs1.I. The molecule has 2 aromatic heterocycles. The first-order valence-corrected chi connectivity index (χ1v) is 10.8. The zero-order valence-corrected chi connectivity index (χ0v) is 20.3. The van der Waals surface area contributed by atoms with Crippen LogP contribution in [0.15, 0.2) is 34.8 Å². The van der Waals surface area contributed by atoms with Crippen molar-refractivity contribution in [2.75, 3.05) is 27.2 Å². The number of nitrogens with one attached hydrogen (secondary N) is 2. The monoisotopic (exact) mass is 530 g/mol. The van der Waals surface area contributed by atoms with Crippen LogP contribution in [0.25, 0.3) is 0 Å². The first-order chi connectivity index (χ1) is 13.6. The third-order valence-electron chi connectivity index (χ3n) is 4.91. The summed E-state index contributed by atoms with van der Waals surface area (Å²) in [5.74, 6) is 0.653. The lowest BCUT2D eigenvalue weighted by Crippen LogP contribution is -2.43. The number of nitrogens with zero attached hydrogens (tertiary/aromatic N) is 4. The van der Waals surface area contributed by atoms with Gasteiger partial charge in [0.05, 0.1) is 24.8 Å². The zero-order valence-electron chi connectivity index (χ0n) is 17.1. The van der Waals surface area contributed by atoms with Crippen LogP contribution in [0.2, 0.25) is 0 Å². The van der Waals surface area contributed by atoms with E-state index in [0.29, 0.717) is 18.5 Å². The first-order valence-electron chi connectivity index (χ1n) is 9.90. The lowest BCUT2D eigenvalue weighted by atomic mass is 10.3. The molecule has 7 nitrogen and oxygen atoms in total. The average molecular weight is 530 g/mol. The second-order valence-electron chi connectivity index (χ2n) is 7.29. The van der Waals surface area contributed by atoms with Gasteiger partial charge >= 0.3 is 0 Å². The highest BCUT2D eigenvalue weighted by Crippen LogP contribution is 2.28. The number of guanidine groups is 1. The number of amides is 1. The average Bonchev–Trinajstić information content (AvgIpc) is 3.45. The summed E-state index contributed by atoms with van der Waals surface area (Å²) in [6.07, 6.45) is 8.01. The van der Waals surface area contributed by atoms with Crippen LogP contribution in [0.4, 0.5) is 0 Å². The minimum atomic E-state index is 0. The maximum absolute atomic E-state index is 11.9. The molecule has 0 saturated heterocycles. The number of carbonyl (C=O) groups excluding carboxylic acids is 1. The molecule has 1 aliphatic rings. The van der Waals surface area contributed by atoms with Crippen LogP contribution in [0, 0.1) is 0 Å². The van der Waals surface area contributed by atoms with E-state index >= 15 is 0 Å². The second-order valence-corrected chi connectivity index (χ2v) is 8.32. The number of aliphatic imine (C=N–C) groups is 1. The summed E-state index contributed by atoms with van der Waals surface area (Å²) in [6.45, 7) is 1.47. The van der Waals surface area contributed by atoms with Crippen LogP contribution in [0.5, 0.6) is 0 Å². The molecular formula is C20H31IN6OS. The number of halogens is 1. The van der Waals surface area contributed by atoms with Gasteiger partial charge in [0.2, 0.25) is 5.91 Å². The molecule has 2 N–H and O–H groups in total. The number of carbonyl (C=O) groups is 1. The Morgan fingerprint density at radius 3 is 2.79 bits per heavy atom. The molecule has 2 aromatic rings. The lowest BCUT2D eigenvalue weighted by molar-refractivity contribution is -0.127. The van der Waals surface area contributed by atoms with E-state index < -0.39 is 0 Å². The van der Waals surface area contributed by atoms with Crippen molar-refractivity contribution >= 4 is 47.2 Å². The molecule has 0 atom stereocenters. The molecule has 0 bridgehead atoms. The van der Waals surface area contributed by atoms with Crippen LogP contribution in [-0.2, 0) is 17.8 Å². The summed E-state index contributed by atoms with van der Waals surface area (Å²) < 4.78 is 2.09. The molecule has 9 heteroatoms. The molecule has 0 aliphatic heterocycles. The standard InChI is InChI=1S/C20H30N6OS.HI/c1-25(2)19(27)15-23-20(21-11-9-18-8-5-13-28-18)22-14-16-10-12-26(24-16)17-6-3-4-7-17;/h5,8,10,12-13,17H,3-4,6-7,9,11,14-15H2,1-2H3,(H2,21,22,23);1H. The van der Waals surface area contributed by atoms with E-state index in [0.717, 1.165) is 18.7 Å². The van der Waals surface area contributed by atoms with Gasteiger partial charge in [0.15, 0.2) is 5.96 Å². The highest BCUT2D eigenvalue weighted by molar-refractivity contribution is 14.0. The van der Waals surface area contributed by atoms with E-state index in [1.807, 2.05) is 6.07 Å². The number of likely N-dealkylation sites (N-methyl/N-ethyl adjacent to an activating group) is 1. The maximum Gasteiger partial charge on any atom is 0.241 e. The highest BCUT2D eigenvalue weighted by Gasteiger charge is 2.17. The van der Waals surface area contributed by atoms with Crippen molar-refractivity contribution in [2.45, 2.75) is 44.7 Å². The molecule has 0 unspecified atom stereocenters. The summed E-state index contributed by atoms with van der Waals surface area (Å²) in [4.78, 5) is 19.4. The predicted molar refractivity (Wildman–Crippen MR) is 129 cm³/mol. The second kappa shape index (κ2) is 12.2. The Balaban J connectivity index is 0.00000300. The van der Waals surface area contributed by atoms with E-state index in [2.05, 4.69) is 49.1 Å². The summed E-state index contributed by atoms with van der Waals surface area (Å²) in [7, 11) is 3.50. The molecule has 2 heterocycles. The normalized spacial score (nSPS) is 14.5. The Bertz CT molecular complexity index is 768. The molecule has 1 aliphatic carbocycles. The first kappa shape index (κ1) is 23.7. The van der Waals surface area contributed by atoms with Gasteiger partial charge in [-0.2, -0.15) is 5.10 Å². The number of hydrogen-bond acceptors (Lipinski definition) is 4. The minimum absolute atomic E-state index is 0. The molecule has 0 aromatic carbocycles. The van der Waals surface area contributed by atoms with E-state index in [1.54, 1.807) is 30.3 Å². The van der Waals surface area contributed by atoms with Crippen molar-refractivity contribution in [3.05, 3.63) is 40.3 Å². The van der Waals surface area contributed by atoms with Gasteiger partial charge in [-0.15, -0.1) is 35.3 Å². The number of rotatable bonds is 8. The van der Waals surface area contributed by atoms with Crippen LogP contribution in [-0.4, -0.2) is 53.7 Å². The van der Waals surface area contributed by atoms with Gasteiger partial charge in [-0.05, 0) is 36.8 Å². The van der Waals surface area contributed by atoms with Crippen molar-refractivity contribution in [1.82, 2.24) is 25.3 Å². The Kier molecular flexibility index (Phi) is 9.92. The van der Waals surface area contributed by atoms with Gasteiger partial charge in [0.25, 0.3) is 0 Å². The van der Waals surface area contributed by atoms with Crippen LogP contribution >= 0.6 is 35.3 Å². The van der Waals surface area contributed by atoms with E-state index in [-0.39, 0.29) is 36.4 Å². The van der Waals surface area contributed by atoms with Crippen LogP contribution < -0.4 is 10.6 Å². The predicted octanol–water partition coefficient (Wildman–Crippen LogP) is 3.04. The summed E-state index contributed by atoms with van der Waals surface area (Å²) >= 11 is 1.75. The number of thiophene rings is 1. The zero-order chi connectivity index (χ0) is 19.8. The Hall–Kier alpha value is -1.62. The molecule has 0 spiro atoms. The third-order valence-corrected chi connectivity index (χ3v) is 5.85. The fraction of sp³-hybridized carbons (Fsp3) is 0.550. The minimum Gasteiger partial charge on any atom is -0.356 e. The molecule has 3 rings (SSSR count). The lowest BCUT2D eigenvalue weighted by Gasteiger charge is -2.14. The molecule has 1 amide bonds. The molecular weight excluding hydrogens is 499 g/mol. The van der Waals surface area contributed by atoms with Crippen molar-refractivity contribution in [2.24, 2.45) is 4.99 Å². The summed E-state index contributed by atoms with van der Waals surface area (Å²) in [5, 5.41) is 13.2. The number of aromatic nitrogens is 2. The third kappa shape index (κ3) is 7.61. The van der Waals surface area contributed by atoms with E-state index in [1.165, 1.54) is 30.6 Å². The van der Waals surface area contributed by atoms with Crippen molar-refractivity contribution in [3.63, 3.8) is 0 Å². The Morgan fingerprint density at radius 1 is 1.31 bits per heavy atom. The maximum atomic E-state index is 11.9. The molecule has 1 saturated carbocycles. The topological polar surface area (TPSA) is 74.5 Å². The van der Waals surface area contributed by atoms with Crippen LogP contribution in [0.1, 0.15) is 42.3 Å². The molecule has 29 heavy (non-hydrogen) atoms. The summed E-state index contributed by atoms with van der Waals surface area (Å²) in [6, 6.07) is 6.76. The highest BCUT2D eigenvalue weighted by atomic mass is 127. The fourth-order valence-electron chi connectivity index (χ4n) is 3.24. The number of hydrogen-bond donors (Lipinski definition) is 2. The Labute approximate surface area is 194 Å². The van der Waals surface area contributed by atoms with Gasteiger partial charge in [-0.3, -0.25) is 9.48 Å². The largest absolute Gasteiger partial charge is 0.356 e. The summed E-state index contributed by atoms with van der Waals surface area (Å²) in [5.41, 5.74) is 0.949. The smallest absolute Gasteiger partial charge is 0.241 e. The van der Waals surface area contributed by atoms with Crippen molar-refractivity contribution < 1.29 is 4.79 Å². The van der Waals surface area contributed by atoms with E-state index in [9.17, 15) is 4.79 Å². The van der Waals surface area contributed by atoms with E-state index in [4.69, 9.17) is 0 Å². The van der Waals surface area contributed by atoms with Gasteiger partial charge in [-0.1, -0.05) is 18.9 Å². The quantitative estimate of drug-likeness (QED) is 0.313. The van der Waals surface area contributed by atoms with Gasteiger partial charge in [0, 0.05) is 31.7 Å². The van der Waals surface area contributed by atoms with Crippen molar-refractivity contribution in [3.8, 4) is 0 Å². The molecule has 1 fully saturated rings. The van der Waals surface area contributed by atoms with Crippen LogP contribution in [0.3, 0.4) is 0 Å². The van der Waals surface area contributed by atoms with Gasteiger partial charge in [0.1, 0.15) is 0 Å².